The molecule has 0 aromatic heterocycles. The minimum Gasteiger partial charge on any atom is -0.442 e. The van der Waals surface area contributed by atoms with Gasteiger partial charge in [0.2, 0.25) is 5.91 Å². The molecule has 0 rings (SSSR count). The van der Waals surface area contributed by atoms with Gasteiger partial charge < -0.3 is 10.1 Å². The number of nitrogens with one attached hydrogen (secondary N) is 2. The van der Waals surface area contributed by atoms with Crippen molar-refractivity contribution in [2.45, 2.75) is 65.5 Å². The highest BCUT2D eigenvalue weighted by atomic mass is 16.7. The van der Waals surface area contributed by atoms with Crippen LogP contribution in [0.2, 0.25) is 0 Å². The molecule has 0 radical (unpaired) electrons. The maximum absolute atomic E-state index is 11.5. The van der Waals surface area contributed by atoms with Crippen molar-refractivity contribution < 1.29 is 19.2 Å². The van der Waals surface area contributed by atoms with Crippen LogP contribution in [0, 0.1) is 0 Å². The Morgan fingerprint density at radius 3 is 2.11 bits per heavy atom. The second kappa shape index (κ2) is 7.33. The number of ether oxygens (including phenoxy) is 1. The first kappa shape index (κ1) is 17.7. The minimum absolute atomic E-state index is 0.0339. The van der Waals surface area contributed by atoms with E-state index in [9.17, 15) is 9.59 Å². The van der Waals surface area contributed by atoms with E-state index in [2.05, 4.69) is 10.8 Å². The van der Waals surface area contributed by atoms with E-state index in [-0.39, 0.29) is 18.1 Å². The van der Waals surface area contributed by atoms with Crippen LogP contribution in [0.1, 0.15) is 54.4 Å². The van der Waals surface area contributed by atoms with Crippen LogP contribution in [0.4, 0.5) is 4.79 Å². The van der Waals surface area contributed by atoms with Gasteiger partial charge in [-0.05, 0) is 48.0 Å². The molecule has 19 heavy (non-hydrogen) atoms. The first-order valence-corrected chi connectivity index (χ1v) is 6.41. The summed E-state index contributed by atoms with van der Waals surface area (Å²) in [6.07, 6.45) is 0.247. The molecule has 0 aromatic carbocycles. The first-order chi connectivity index (χ1) is 8.49. The third-order valence-corrected chi connectivity index (χ3v) is 1.72. The van der Waals surface area contributed by atoms with Crippen LogP contribution in [-0.2, 0) is 14.4 Å². The molecule has 0 saturated heterocycles. The first-order valence-electron chi connectivity index (χ1n) is 6.41. The van der Waals surface area contributed by atoms with E-state index >= 15 is 0 Å². The molecule has 0 aromatic rings. The lowest BCUT2D eigenvalue weighted by Gasteiger charge is -2.20. The van der Waals surface area contributed by atoms with Crippen LogP contribution in [0.25, 0.3) is 0 Å². The molecule has 6 nitrogen and oxygen atoms in total. The minimum atomic E-state index is -0.633. The van der Waals surface area contributed by atoms with Crippen molar-refractivity contribution in [3.05, 3.63) is 0 Å². The molecule has 2 amide bonds. The molecule has 112 valence electrons. The topological polar surface area (TPSA) is 76.7 Å². The zero-order valence-electron chi connectivity index (χ0n) is 12.8. The highest BCUT2D eigenvalue weighted by molar-refractivity contribution is 5.76. The second-order valence-electron chi connectivity index (χ2n) is 6.35. The lowest BCUT2D eigenvalue weighted by Crippen LogP contribution is -2.40. The molecule has 0 atom stereocenters. The van der Waals surface area contributed by atoms with Crippen molar-refractivity contribution in [2.24, 2.45) is 0 Å². The van der Waals surface area contributed by atoms with Crippen LogP contribution in [0.5, 0.6) is 0 Å². The van der Waals surface area contributed by atoms with E-state index < -0.39 is 11.7 Å². The van der Waals surface area contributed by atoms with Gasteiger partial charge in [-0.1, -0.05) is 0 Å². The highest BCUT2D eigenvalue weighted by Crippen LogP contribution is 2.06. The molecule has 0 fully saturated rings. The predicted molar refractivity (Wildman–Crippen MR) is 72.5 cm³/mol. The number of carbonyl (C=O) groups is 2. The maximum atomic E-state index is 11.5. The molecule has 0 aliphatic heterocycles. The van der Waals surface area contributed by atoms with Gasteiger partial charge in [0, 0.05) is 12.0 Å². The average molecular weight is 274 g/mol. The Hall–Kier alpha value is -1.30. The SMILES string of the molecule is CC(C)(C)NC(=O)CCCONC(=O)OC(C)(C)C. The Bertz CT molecular complexity index is 273. The zero-order chi connectivity index (χ0) is 15.1. The van der Waals surface area contributed by atoms with Crippen LogP contribution >= 0.6 is 0 Å². The summed E-state index contributed by atoms with van der Waals surface area (Å²) in [5.74, 6) is -0.0339. The van der Waals surface area contributed by atoms with E-state index in [4.69, 9.17) is 9.57 Å². The van der Waals surface area contributed by atoms with Crippen molar-refractivity contribution in [1.29, 1.82) is 0 Å². The highest BCUT2D eigenvalue weighted by Gasteiger charge is 2.16. The Balaban J connectivity index is 3.61. The largest absolute Gasteiger partial charge is 0.442 e. The quantitative estimate of drug-likeness (QED) is 0.595. The number of amides is 2. The molecule has 0 unspecified atom stereocenters. The van der Waals surface area contributed by atoms with Crippen molar-refractivity contribution >= 4 is 12.0 Å². The van der Waals surface area contributed by atoms with Gasteiger partial charge in [0.05, 0.1) is 6.61 Å². The summed E-state index contributed by atoms with van der Waals surface area (Å²) >= 11 is 0. The summed E-state index contributed by atoms with van der Waals surface area (Å²) < 4.78 is 4.98. The smallest absolute Gasteiger partial charge is 0.431 e. The standard InChI is InChI=1S/C13H26N2O4/c1-12(2,3)14-10(16)8-7-9-18-15-11(17)19-13(4,5)6/h7-9H2,1-6H3,(H,14,16)(H,15,17). The molecule has 2 N–H and O–H groups in total. The summed E-state index contributed by atoms with van der Waals surface area (Å²) in [6.45, 7) is 11.3. The normalized spacial score (nSPS) is 11.9. The van der Waals surface area contributed by atoms with Crippen LogP contribution in [-0.4, -0.2) is 29.7 Å². The molecule has 0 bridgehead atoms. The summed E-state index contributed by atoms with van der Waals surface area (Å²) in [5.41, 5.74) is 1.38. The fourth-order valence-corrected chi connectivity index (χ4v) is 1.19. The summed E-state index contributed by atoms with van der Waals surface area (Å²) in [5, 5.41) is 2.84. The van der Waals surface area contributed by atoms with Crippen molar-refractivity contribution in [2.75, 3.05) is 6.61 Å². The summed E-state index contributed by atoms with van der Waals surface area (Å²) in [7, 11) is 0. The van der Waals surface area contributed by atoms with E-state index in [1.54, 1.807) is 20.8 Å². The van der Waals surface area contributed by atoms with E-state index in [1.165, 1.54) is 0 Å². The Labute approximate surface area is 115 Å². The van der Waals surface area contributed by atoms with Gasteiger partial charge in [0.15, 0.2) is 0 Å². The Morgan fingerprint density at radius 1 is 1.05 bits per heavy atom. The number of hydroxylamine groups is 1. The molecular weight excluding hydrogens is 248 g/mol. The van der Waals surface area contributed by atoms with Crippen LogP contribution in [0.3, 0.4) is 0 Å². The fraction of sp³-hybridized carbons (Fsp3) is 0.846. The van der Waals surface area contributed by atoms with Gasteiger partial charge in [-0.2, -0.15) is 5.48 Å². The van der Waals surface area contributed by atoms with Gasteiger partial charge in [-0.15, -0.1) is 0 Å². The van der Waals surface area contributed by atoms with E-state index in [0.29, 0.717) is 12.8 Å². The van der Waals surface area contributed by atoms with Crippen LogP contribution < -0.4 is 10.8 Å². The molecule has 0 aliphatic carbocycles. The van der Waals surface area contributed by atoms with Crippen molar-refractivity contribution in [1.82, 2.24) is 10.8 Å². The summed E-state index contributed by atoms with van der Waals surface area (Å²) in [6, 6.07) is 0. The molecule has 0 heterocycles. The van der Waals surface area contributed by atoms with E-state index in [0.717, 1.165) is 0 Å². The number of carbonyl (C=O) groups excluding carboxylic acids is 2. The Kier molecular flexibility index (Phi) is 6.83. The second-order valence-corrected chi connectivity index (χ2v) is 6.35. The Morgan fingerprint density at radius 2 is 1.63 bits per heavy atom. The fourth-order valence-electron chi connectivity index (χ4n) is 1.19. The monoisotopic (exact) mass is 274 g/mol. The molecule has 0 saturated carbocycles. The van der Waals surface area contributed by atoms with Crippen LogP contribution in [0.15, 0.2) is 0 Å². The number of hydrogen-bond donors (Lipinski definition) is 2. The van der Waals surface area contributed by atoms with Crippen molar-refractivity contribution in [3.63, 3.8) is 0 Å². The van der Waals surface area contributed by atoms with Gasteiger partial charge in [-0.3, -0.25) is 9.63 Å². The lowest BCUT2D eigenvalue weighted by atomic mass is 10.1. The number of rotatable bonds is 5. The van der Waals surface area contributed by atoms with Crippen molar-refractivity contribution in [3.8, 4) is 0 Å². The zero-order valence-corrected chi connectivity index (χ0v) is 12.8. The van der Waals surface area contributed by atoms with Gasteiger partial charge in [0.1, 0.15) is 5.60 Å². The number of hydrogen-bond acceptors (Lipinski definition) is 4. The van der Waals surface area contributed by atoms with Gasteiger partial charge in [-0.25, -0.2) is 4.79 Å². The summed E-state index contributed by atoms with van der Waals surface area (Å²) in [4.78, 5) is 27.6. The molecular formula is C13H26N2O4. The third-order valence-electron chi connectivity index (χ3n) is 1.72. The average Bonchev–Trinajstić information content (AvgIpc) is 2.10. The van der Waals surface area contributed by atoms with Gasteiger partial charge in [0.25, 0.3) is 0 Å². The maximum Gasteiger partial charge on any atom is 0.431 e. The third kappa shape index (κ3) is 12.9. The van der Waals surface area contributed by atoms with E-state index in [1.807, 2.05) is 20.8 Å². The predicted octanol–water partition coefficient (Wildman–Crippen LogP) is 2.14. The lowest BCUT2D eigenvalue weighted by molar-refractivity contribution is -0.122. The van der Waals surface area contributed by atoms with Gasteiger partial charge >= 0.3 is 6.09 Å². The molecule has 0 spiro atoms. The molecule has 0 aliphatic rings. The molecule has 6 heteroatoms.